The third-order valence-corrected chi connectivity index (χ3v) is 2.72. The van der Waals surface area contributed by atoms with Gasteiger partial charge in [0.1, 0.15) is 11.9 Å². The summed E-state index contributed by atoms with van der Waals surface area (Å²) in [7, 11) is 0. The van der Waals surface area contributed by atoms with Crippen molar-refractivity contribution in [1.82, 2.24) is 5.32 Å². The van der Waals surface area contributed by atoms with E-state index in [0.29, 0.717) is 18.2 Å². The van der Waals surface area contributed by atoms with Crippen molar-refractivity contribution in [3.63, 3.8) is 0 Å². The average Bonchev–Trinajstić information content (AvgIpc) is 2.91. The van der Waals surface area contributed by atoms with Gasteiger partial charge in [-0.3, -0.25) is 9.69 Å². The highest BCUT2D eigenvalue weighted by Gasteiger charge is 2.32. The van der Waals surface area contributed by atoms with Gasteiger partial charge in [0, 0.05) is 24.0 Å². The van der Waals surface area contributed by atoms with Crippen molar-refractivity contribution < 1.29 is 45.4 Å². The van der Waals surface area contributed by atoms with Crippen molar-refractivity contribution in [2.45, 2.75) is 12.9 Å². The van der Waals surface area contributed by atoms with E-state index >= 15 is 4.39 Å². The molecule has 0 saturated carbocycles. The van der Waals surface area contributed by atoms with Gasteiger partial charge in [-0.05, 0) is 18.2 Å². The number of carbonyl (C=O) groups excluding carboxylic acids is 2. The molecule has 0 spiro atoms. The molecule has 24 heavy (non-hydrogen) atoms. The topological polar surface area (TPSA) is 71.1 Å². The Morgan fingerprint density at radius 2 is 2.38 bits per heavy atom. The fourth-order valence-electron chi connectivity index (χ4n) is 1.77. The largest absolute Gasteiger partial charge is 0.442 e. The summed E-state index contributed by atoms with van der Waals surface area (Å²) in [4.78, 5) is 24.1. The first kappa shape index (κ1) is 5.87. The number of cyclic esters (lactones) is 1. The number of ether oxygens (including phenoxy) is 2. The van der Waals surface area contributed by atoms with Crippen molar-refractivity contribution in [3.05, 3.63) is 24.0 Å². The molecule has 0 unspecified atom stereocenters. The fourth-order valence-corrected chi connectivity index (χ4v) is 1.77. The Balaban J connectivity index is 2.09. The van der Waals surface area contributed by atoms with Crippen LogP contribution in [0.5, 0.6) is 0 Å². The summed E-state index contributed by atoms with van der Waals surface area (Å²) >= 11 is 0. The lowest BCUT2D eigenvalue weighted by atomic mass is 10.2. The number of amides is 2. The Morgan fingerprint density at radius 1 is 1.58 bits per heavy atom. The second-order valence-electron chi connectivity index (χ2n) is 4.22. The van der Waals surface area contributed by atoms with Gasteiger partial charge in [-0.25, -0.2) is 9.18 Å². The lowest BCUT2D eigenvalue weighted by Crippen LogP contribution is -2.36. The number of nitrogens with zero attached hydrogens (tertiary/aromatic N) is 2. The minimum Gasteiger partial charge on any atom is -0.442 e. The van der Waals surface area contributed by atoms with Crippen LogP contribution in [-0.4, -0.2) is 57.2 Å². The van der Waals surface area contributed by atoms with Crippen molar-refractivity contribution in [2.24, 2.45) is 0 Å². The molecule has 7 nitrogen and oxygen atoms in total. The Hall–Kier alpha value is -2.35. The van der Waals surface area contributed by atoms with Crippen LogP contribution in [-0.2, 0) is 14.3 Å². The molecule has 0 aromatic heterocycles. The second kappa shape index (κ2) is 7.04. The van der Waals surface area contributed by atoms with Gasteiger partial charge in [0.15, 0.2) is 0 Å². The van der Waals surface area contributed by atoms with E-state index < -0.39 is 81.2 Å². The molecule has 1 aromatic carbocycles. The number of rotatable bonds is 4. The molecule has 2 aliphatic heterocycles. The Labute approximate surface area is 161 Å². The minimum atomic E-state index is -3.68. The predicted octanol–water partition coefficient (Wildman–Crippen LogP) is 1.12. The smallest absolute Gasteiger partial charge is 0.414 e. The Kier molecular flexibility index (Phi) is 1.72. The first-order valence-corrected chi connectivity index (χ1v) is 6.24. The molecular formula is C16H20FN3O4. The minimum absolute atomic E-state index is 0.0761. The van der Waals surface area contributed by atoms with Crippen molar-refractivity contribution >= 4 is 23.4 Å². The van der Waals surface area contributed by atoms with Gasteiger partial charge in [0.2, 0.25) is 5.91 Å². The fraction of sp³-hybridized carbons (Fsp3) is 0.500. The van der Waals surface area contributed by atoms with Gasteiger partial charge in [-0.1, -0.05) is 0 Å². The van der Waals surface area contributed by atoms with Crippen LogP contribution < -0.4 is 15.1 Å². The van der Waals surface area contributed by atoms with Crippen molar-refractivity contribution in [2.75, 3.05) is 48.9 Å². The quantitative estimate of drug-likeness (QED) is 0.878. The van der Waals surface area contributed by atoms with Crippen LogP contribution in [0.1, 0.15) is 28.8 Å². The standard InChI is InChI=1S/C16H20FN3O4/c1-11(21)18-9-13-10-20(16(22)24-13)12-2-3-15(14(17)8-12)19-4-6-23-7-5-19/h2-3,8,13H,4-7,9-10H2,1H3,(H,18,21)/t13-/m0/s1/i1D3,4D2,5D2,6D2,7D2,9D2,10D2,13D. The summed E-state index contributed by atoms with van der Waals surface area (Å²) in [5, 5.41) is 1.28. The van der Waals surface area contributed by atoms with E-state index in [1.54, 1.807) is 0 Å². The first-order chi connectivity index (χ1) is 17.6. The van der Waals surface area contributed by atoms with Crippen LogP contribution in [0.3, 0.4) is 0 Å². The van der Waals surface area contributed by atoms with Gasteiger partial charge in [0.25, 0.3) is 0 Å². The highest BCUT2D eigenvalue weighted by Crippen LogP contribution is 2.28. The van der Waals surface area contributed by atoms with Gasteiger partial charge in [0.05, 0.1) is 55.3 Å². The zero-order valence-electron chi connectivity index (χ0n) is 27.6. The molecule has 0 bridgehead atoms. The van der Waals surface area contributed by atoms with E-state index in [-0.39, 0.29) is 9.80 Å². The number of morpholine rings is 1. The molecular weight excluding hydrogens is 317 g/mol. The normalized spacial score (nSPS) is 45.5. The summed E-state index contributed by atoms with van der Waals surface area (Å²) in [5.74, 6) is -3.60. The number of halogens is 1. The van der Waals surface area contributed by atoms with Gasteiger partial charge in [-0.15, -0.1) is 0 Å². The zero-order valence-corrected chi connectivity index (χ0v) is 11.6. The number of nitrogens with one attached hydrogen (secondary N) is 1. The number of hydrogen-bond acceptors (Lipinski definition) is 5. The highest BCUT2D eigenvalue weighted by atomic mass is 19.1. The van der Waals surface area contributed by atoms with Gasteiger partial charge >= 0.3 is 6.09 Å². The van der Waals surface area contributed by atoms with E-state index in [1.165, 1.54) is 5.32 Å². The SMILES string of the molecule is [2H]C([2H])([2H])C(=O)NC([2H])([2H])[C@]1([2H])OC(=O)N(c2ccc(N3C([2H])([2H])C([2H])([2H])OC([2H])([2H])C3([2H])[2H])c(F)c2)C1([2H])[2H]. The maximum absolute atomic E-state index is 15.4. The molecule has 2 fully saturated rings. The van der Waals surface area contributed by atoms with Crippen molar-refractivity contribution in [1.29, 1.82) is 0 Å². The molecule has 2 saturated heterocycles. The average molecular weight is 353 g/mol. The molecule has 0 radical (unpaired) electrons. The highest BCUT2D eigenvalue weighted by molar-refractivity contribution is 5.90. The van der Waals surface area contributed by atoms with Crippen LogP contribution in [0.25, 0.3) is 0 Å². The molecule has 130 valence electrons. The van der Waals surface area contributed by atoms with E-state index in [0.717, 1.165) is 0 Å². The first-order valence-electron chi connectivity index (χ1n) is 14.2. The summed E-state index contributed by atoms with van der Waals surface area (Å²) in [6.45, 7) is -24.9. The number of anilines is 2. The molecule has 2 heterocycles. The third-order valence-electron chi connectivity index (χ3n) is 2.72. The van der Waals surface area contributed by atoms with E-state index in [1.807, 2.05) is 0 Å². The zero-order chi connectivity index (χ0) is 31.3. The number of carbonyl (C=O) groups is 2. The maximum atomic E-state index is 15.4. The molecule has 3 rings (SSSR count). The monoisotopic (exact) mass is 353 g/mol. The molecule has 8 heteroatoms. The van der Waals surface area contributed by atoms with E-state index in [2.05, 4.69) is 9.47 Å². The molecule has 2 aliphatic rings. The molecule has 2 amide bonds. The third kappa shape index (κ3) is 3.59. The number of hydrogen-bond donors (Lipinski definition) is 1. The predicted molar refractivity (Wildman–Crippen MR) is 85.7 cm³/mol. The number of benzene rings is 1. The van der Waals surface area contributed by atoms with E-state index in [9.17, 15) is 9.59 Å². The lowest BCUT2D eigenvalue weighted by molar-refractivity contribution is -0.119. The lowest BCUT2D eigenvalue weighted by Gasteiger charge is -2.29. The molecule has 1 aromatic rings. The summed E-state index contributed by atoms with van der Waals surface area (Å²) < 4.78 is 149. The maximum Gasteiger partial charge on any atom is 0.414 e. The van der Waals surface area contributed by atoms with Crippen LogP contribution >= 0.6 is 0 Å². The Morgan fingerprint density at radius 3 is 3.08 bits per heavy atom. The van der Waals surface area contributed by atoms with Gasteiger partial charge < -0.3 is 19.7 Å². The van der Waals surface area contributed by atoms with Crippen LogP contribution in [0.4, 0.5) is 20.6 Å². The van der Waals surface area contributed by atoms with Crippen LogP contribution in [0, 0.1) is 5.82 Å². The van der Waals surface area contributed by atoms with Crippen LogP contribution in [0.15, 0.2) is 18.2 Å². The molecule has 1 atom stereocenters. The van der Waals surface area contributed by atoms with Gasteiger partial charge in [-0.2, -0.15) is 0 Å². The second-order valence-corrected chi connectivity index (χ2v) is 4.22. The van der Waals surface area contributed by atoms with E-state index in [4.69, 9.17) is 21.9 Å². The summed E-state index contributed by atoms with van der Waals surface area (Å²) in [5.41, 5.74) is -1.91. The molecule has 0 aliphatic carbocycles. The summed E-state index contributed by atoms with van der Waals surface area (Å²) in [6, 6.07) is 1.49. The van der Waals surface area contributed by atoms with Crippen molar-refractivity contribution in [3.8, 4) is 0 Å². The summed E-state index contributed by atoms with van der Waals surface area (Å²) in [6.07, 6.45) is -5.48. The molecule has 1 N–H and O–H groups in total. The van der Waals surface area contributed by atoms with Crippen LogP contribution in [0.2, 0.25) is 0 Å². The Bertz CT molecular complexity index is 1220.